The Bertz CT molecular complexity index is 572. The van der Waals surface area contributed by atoms with Gasteiger partial charge < -0.3 is 15.0 Å². The first kappa shape index (κ1) is 20.0. The van der Waals surface area contributed by atoms with Crippen molar-refractivity contribution in [2.45, 2.75) is 32.7 Å². The van der Waals surface area contributed by atoms with Crippen LogP contribution in [0.15, 0.2) is 24.3 Å². The number of amides is 2. The second-order valence-corrected chi connectivity index (χ2v) is 5.99. The minimum atomic E-state index is -0.451. The number of hydrogen-bond donors (Lipinski definition) is 1. The largest absolute Gasteiger partial charge is 0.468 e. The predicted molar refractivity (Wildman–Crippen MR) is 91.9 cm³/mol. The highest BCUT2D eigenvalue weighted by Gasteiger charge is 2.20. The number of nitrogens with zero attached hydrogens (tertiary/aromatic N) is 1. The van der Waals surface area contributed by atoms with E-state index in [1.54, 1.807) is 24.3 Å². The molecule has 1 aromatic carbocycles. The minimum Gasteiger partial charge on any atom is -0.468 e. The molecule has 0 heterocycles. The van der Waals surface area contributed by atoms with Crippen LogP contribution in [0.5, 0.6) is 0 Å². The molecule has 0 aliphatic rings. The van der Waals surface area contributed by atoms with Crippen molar-refractivity contribution in [3.63, 3.8) is 0 Å². The topological polar surface area (TPSA) is 75.7 Å². The third-order valence-corrected chi connectivity index (χ3v) is 3.68. The van der Waals surface area contributed by atoms with Crippen molar-refractivity contribution in [1.29, 1.82) is 0 Å². The standard InChI is InChI=1S/C17H23ClN2O4/c1-12(2)20(11-16(22)24-3)15(21)5-4-10-19-17(23)13-6-8-14(18)9-7-13/h6-9,12H,4-5,10-11H2,1-3H3,(H,19,23). The van der Waals surface area contributed by atoms with Crippen molar-refractivity contribution in [3.8, 4) is 0 Å². The van der Waals surface area contributed by atoms with Crippen molar-refractivity contribution in [2.75, 3.05) is 20.2 Å². The number of esters is 1. The van der Waals surface area contributed by atoms with Crippen molar-refractivity contribution in [3.05, 3.63) is 34.9 Å². The lowest BCUT2D eigenvalue weighted by Gasteiger charge is -2.25. The Morgan fingerprint density at radius 3 is 2.38 bits per heavy atom. The van der Waals surface area contributed by atoms with E-state index in [9.17, 15) is 14.4 Å². The lowest BCUT2D eigenvalue weighted by atomic mass is 10.2. The first-order valence-corrected chi connectivity index (χ1v) is 8.13. The Kier molecular flexibility index (Phi) is 8.26. The molecule has 0 aliphatic carbocycles. The molecular formula is C17H23ClN2O4. The summed E-state index contributed by atoms with van der Waals surface area (Å²) in [6.07, 6.45) is 0.735. The van der Waals surface area contributed by atoms with Crippen molar-refractivity contribution >= 4 is 29.4 Å². The molecule has 1 N–H and O–H groups in total. The van der Waals surface area contributed by atoms with Gasteiger partial charge in [0.05, 0.1) is 7.11 Å². The van der Waals surface area contributed by atoms with E-state index in [1.807, 2.05) is 13.8 Å². The second-order valence-electron chi connectivity index (χ2n) is 5.56. The van der Waals surface area contributed by atoms with Gasteiger partial charge in [0.1, 0.15) is 6.54 Å². The van der Waals surface area contributed by atoms with Crippen molar-refractivity contribution < 1.29 is 19.1 Å². The van der Waals surface area contributed by atoms with Crippen LogP contribution in [-0.2, 0) is 14.3 Å². The minimum absolute atomic E-state index is 0.0653. The first-order chi connectivity index (χ1) is 11.3. The predicted octanol–water partition coefficient (Wildman–Crippen LogP) is 2.26. The van der Waals surface area contributed by atoms with Gasteiger partial charge in [-0.05, 0) is 44.5 Å². The smallest absolute Gasteiger partial charge is 0.325 e. The highest BCUT2D eigenvalue weighted by molar-refractivity contribution is 6.30. The number of methoxy groups -OCH3 is 1. The lowest BCUT2D eigenvalue weighted by molar-refractivity contribution is -0.148. The number of ether oxygens (including phenoxy) is 1. The molecule has 0 spiro atoms. The summed E-state index contributed by atoms with van der Waals surface area (Å²) >= 11 is 5.77. The average molecular weight is 355 g/mol. The van der Waals surface area contributed by atoms with E-state index < -0.39 is 5.97 Å². The summed E-state index contributed by atoms with van der Waals surface area (Å²) in [5, 5.41) is 3.32. The van der Waals surface area contributed by atoms with Crippen molar-refractivity contribution in [2.24, 2.45) is 0 Å². The van der Waals surface area contributed by atoms with Gasteiger partial charge in [0.2, 0.25) is 5.91 Å². The zero-order chi connectivity index (χ0) is 18.1. The summed E-state index contributed by atoms with van der Waals surface area (Å²) in [7, 11) is 1.29. The Morgan fingerprint density at radius 2 is 1.83 bits per heavy atom. The SMILES string of the molecule is COC(=O)CN(C(=O)CCCNC(=O)c1ccc(Cl)cc1)C(C)C. The van der Waals surface area contributed by atoms with Gasteiger partial charge in [0.25, 0.3) is 5.91 Å². The van der Waals surface area contributed by atoms with Gasteiger partial charge in [-0.25, -0.2) is 0 Å². The molecule has 0 aromatic heterocycles. The summed E-state index contributed by atoms with van der Waals surface area (Å²) in [5.41, 5.74) is 0.514. The summed E-state index contributed by atoms with van der Waals surface area (Å²) < 4.78 is 4.60. The van der Waals surface area contributed by atoms with Crippen LogP contribution in [0.25, 0.3) is 0 Å². The monoisotopic (exact) mass is 354 g/mol. The molecule has 1 rings (SSSR count). The van der Waals surface area contributed by atoms with Gasteiger partial charge in [-0.3, -0.25) is 14.4 Å². The fourth-order valence-electron chi connectivity index (χ4n) is 2.05. The van der Waals surface area contributed by atoms with Crippen LogP contribution < -0.4 is 5.32 Å². The zero-order valence-electron chi connectivity index (χ0n) is 14.2. The third-order valence-electron chi connectivity index (χ3n) is 3.43. The molecule has 0 bridgehead atoms. The maximum absolute atomic E-state index is 12.2. The zero-order valence-corrected chi connectivity index (χ0v) is 14.9. The molecule has 7 heteroatoms. The molecule has 0 aliphatic heterocycles. The first-order valence-electron chi connectivity index (χ1n) is 7.75. The van der Waals surface area contributed by atoms with Gasteiger partial charge in [-0.1, -0.05) is 11.6 Å². The highest BCUT2D eigenvalue weighted by atomic mass is 35.5. The van der Waals surface area contributed by atoms with E-state index in [2.05, 4.69) is 10.1 Å². The number of carbonyl (C=O) groups excluding carboxylic acids is 3. The van der Waals surface area contributed by atoms with Gasteiger partial charge in [-0.2, -0.15) is 0 Å². The van der Waals surface area contributed by atoms with E-state index in [4.69, 9.17) is 11.6 Å². The summed E-state index contributed by atoms with van der Waals surface area (Å²) in [6, 6.07) is 6.47. The van der Waals surface area contributed by atoms with Gasteiger partial charge in [0.15, 0.2) is 0 Å². The van der Waals surface area contributed by atoms with Crippen LogP contribution in [0.2, 0.25) is 5.02 Å². The summed E-state index contributed by atoms with van der Waals surface area (Å²) in [4.78, 5) is 36.9. The number of benzene rings is 1. The molecule has 0 unspecified atom stereocenters. The molecule has 0 radical (unpaired) electrons. The fourth-order valence-corrected chi connectivity index (χ4v) is 2.18. The van der Waals surface area contributed by atoms with Gasteiger partial charge >= 0.3 is 5.97 Å². The Morgan fingerprint density at radius 1 is 1.21 bits per heavy atom. The molecular weight excluding hydrogens is 332 g/mol. The average Bonchev–Trinajstić information content (AvgIpc) is 2.56. The number of hydrogen-bond acceptors (Lipinski definition) is 4. The van der Waals surface area contributed by atoms with Crippen LogP contribution in [0.1, 0.15) is 37.0 Å². The molecule has 132 valence electrons. The molecule has 2 amide bonds. The fraction of sp³-hybridized carbons (Fsp3) is 0.471. The summed E-state index contributed by atoms with van der Waals surface area (Å²) in [6.45, 7) is 3.98. The normalized spacial score (nSPS) is 10.4. The summed E-state index contributed by atoms with van der Waals surface area (Å²) in [5.74, 6) is -0.807. The number of halogens is 1. The molecule has 0 atom stereocenters. The third kappa shape index (κ3) is 6.58. The molecule has 24 heavy (non-hydrogen) atoms. The number of rotatable bonds is 8. The van der Waals surface area contributed by atoms with Gasteiger partial charge in [-0.15, -0.1) is 0 Å². The Labute approximate surface area is 147 Å². The highest BCUT2D eigenvalue weighted by Crippen LogP contribution is 2.09. The van der Waals surface area contributed by atoms with Crippen LogP contribution in [-0.4, -0.2) is 48.9 Å². The Balaban J connectivity index is 2.39. The van der Waals surface area contributed by atoms with Crippen molar-refractivity contribution in [1.82, 2.24) is 10.2 Å². The quantitative estimate of drug-likeness (QED) is 0.574. The number of nitrogens with one attached hydrogen (secondary N) is 1. The maximum Gasteiger partial charge on any atom is 0.325 e. The van der Waals surface area contributed by atoms with Crippen LogP contribution in [0.4, 0.5) is 0 Å². The molecule has 0 saturated heterocycles. The maximum atomic E-state index is 12.2. The van der Waals surface area contributed by atoms with E-state index in [-0.39, 0.29) is 30.8 Å². The van der Waals surface area contributed by atoms with Crippen LogP contribution in [0, 0.1) is 0 Å². The second kappa shape index (κ2) is 9.93. The van der Waals surface area contributed by atoms with Gasteiger partial charge in [0, 0.05) is 29.6 Å². The number of carbonyl (C=O) groups is 3. The van der Waals surface area contributed by atoms with E-state index in [0.717, 1.165) is 0 Å². The molecule has 0 saturated carbocycles. The van der Waals surface area contributed by atoms with E-state index in [1.165, 1.54) is 12.0 Å². The lowest BCUT2D eigenvalue weighted by Crippen LogP contribution is -2.41. The Hall–Kier alpha value is -2.08. The molecule has 1 aromatic rings. The van der Waals surface area contributed by atoms with Crippen LogP contribution in [0.3, 0.4) is 0 Å². The van der Waals surface area contributed by atoms with E-state index in [0.29, 0.717) is 23.6 Å². The van der Waals surface area contributed by atoms with E-state index >= 15 is 0 Å². The van der Waals surface area contributed by atoms with Crippen LogP contribution >= 0.6 is 11.6 Å². The molecule has 0 fully saturated rings. The molecule has 6 nitrogen and oxygen atoms in total.